The van der Waals surface area contributed by atoms with Crippen LogP contribution in [0.4, 0.5) is 0 Å². The number of quaternary nitrogens is 1. The van der Waals surface area contributed by atoms with Gasteiger partial charge in [0.15, 0.2) is 0 Å². The van der Waals surface area contributed by atoms with Crippen molar-refractivity contribution in [2.75, 3.05) is 27.7 Å². The van der Waals surface area contributed by atoms with Crippen LogP contribution in [-0.4, -0.2) is 76.6 Å². The number of hydrogen-bond acceptors (Lipinski definition) is 4. The zero-order valence-electron chi connectivity index (χ0n) is 9.95. The molecule has 0 radical (unpaired) electrons. The highest BCUT2D eigenvalue weighted by molar-refractivity contribution is 6.27. The molecule has 0 aromatic heterocycles. The second-order valence-electron chi connectivity index (χ2n) is 4.33. The Balaban J connectivity index is 0. The topological polar surface area (TPSA) is 132 Å². The van der Waals surface area contributed by atoms with E-state index in [4.69, 9.17) is 30.0 Å². The van der Waals surface area contributed by atoms with Crippen molar-refractivity contribution in [2.24, 2.45) is 0 Å². The minimum absolute atomic E-state index is 0.171. The molecule has 0 heterocycles. The van der Waals surface area contributed by atoms with Crippen molar-refractivity contribution in [1.29, 1.82) is 0 Å². The molecule has 0 unspecified atom stereocenters. The van der Waals surface area contributed by atoms with Gasteiger partial charge in [-0.3, -0.25) is 4.79 Å². The number of aliphatic carboxylic acids is 3. The Morgan fingerprint density at radius 3 is 1.53 bits per heavy atom. The molecule has 0 spiro atoms. The summed E-state index contributed by atoms with van der Waals surface area (Å²) in [6, 6.07) is 0. The Bertz CT molecular complexity index is 270. The number of carbonyl (C=O) groups is 3. The van der Waals surface area contributed by atoms with Gasteiger partial charge in [-0.1, -0.05) is 0 Å². The van der Waals surface area contributed by atoms with Gasteiger partial charge < -0.3 is 24.9 Å². The fourth-order valence-electron chi connectivity index (χ4n) is 0.898. The van der Waals surface area contributed by atoms with Crippen LogP contribution in [-0.2, 0) is 14.4 Å². The van der Waals surface area contributed by atoms with E-state index in [1.165, 1.54) is 0 Å². The maximum absolute atomic E-state index is 10.1. The number of aliphatic hydroxyl groups is 1. The highest BCUT2D eigenvalue weighted by Gasteiger charge is 2.17. The second kappa shape index (κ2) is 7.58. The minimum atomic E-state index is -1.82. The Morgan fingerprint density at radius 2 is 1.35 bits per heavy atom. The lowest BCUT2D eigenvalue weighted by atomic mass is 10.2. The SMILES string of the molecule is C[N+](C)(C)C[C@H](O)CC(=O)O.O=C(O)C(=O)O. The van der Waals surface area contributed by atoms with Gasteiger partial charge in [0.05, 0.1) is 27.6 Å². The molecule has 100 valence electrons. The maximum Gasteiger partial charge on any atom is 0.414 e. The fourth-order valence-corrected chi connectivity index (χ4v) is 0.898. The largest absolute Gasteiger partial charge is 0.481 e. The van der Waals surface area contributed by atoms with Crippen LogP contribution >= 0.6 is 0 Å². The van der Waals surface area contributed by atoms with Gasteiger partial charge in [-0.15, -0.1) is 0 Å². The quantitative estimate of drug-likeness (QED) is 0.360. The van der Waals surface area contributed by atoms with Crippen LogP contribution in [0.2, 0.25) is 0 Å². The second-order valence-corrected chi connectivity index (χ2v) is 4.33. The van der Waals surface area contributed by atoms with Crippen LogP contribution in [0, 0.1) is 0 Å². The summed E-state index contributed by atoms with van der Waals surface area (Å²) in [5.41, 5.74) is 0. The van der Waals surface area contributed by atoms with Crippen molar-refractivity contribution >= 4 is 17.9 Å². The zero-order valence-corrected chi connectivity index (χ0v) is 9.95. The van der Waals surface area contributed by atoms with Gasteiger partial charge in [-0.25, -0.2) is 9.59 Å². The van der Waals surface area contributed by atoms with Gasteiger partial charge in [0.2, 0.25) is 0 Å². The maximum atomic E-state index is 10.1. The Kier molecular flexibility index (Phi) is 7.90. The first-order chi connectivity index (χ1) is 7.45. The number of hydrogen-bond donors (Lipinski definition) is 4. The van der Waals surface area contributed by atoms with Crippen molar-refractivity contribution in [3.63, 3.8) is 0 Å². The molecule has 8 nitrogen and oxygen atoms in total. The molecule has 0 aliphatic rings. The van der Waals surface area contributed by atoms with E-state index in [2.05, 4.69) is 0 Å². The van der Waals surface area contributed by atoms with Crippen LogP contribution in [0.1, 0.15) is 6.42 Å². The summed E-state index contributed by atoms with van der Waals surface area (Å²) in [7, 11) is 5.72. The van der Waals surface area contributed by atoms with Crippen LogP contribution in [0.5, 0.6) is 0 Å². The molecule has 0 aromatic carbocycles. The van der Waals surface area contributed by atoms with Crippen LogP contribution < -0.4 is 0 Å². The Hall–Kier alpha value is -1.67. The molecule has 0 bridgehead atoms. The van der Waals surface area contributed by atoms with Crippen LogP contribution in [0.3, 0.4) is 0 Å². The minimum Gasteiger partial charge on any atom is -0.481 e. The lowest BCUT2D eigenvalue weighted by Gasteiger charge is -2.25. The molecule has 0 saturated carbocycles. The molecular weight excluding hydrogens is 234 g/mol. The number of aliphatic hydroxyl groups excluding tert-OH is 1. The fraction of sp³-hybridized carbons (Fsp3) is 0.667. The predicted octanol–water partition coefficient (Wildman–Crippen LogP) is -1.32. The average molecular weight is 252 g/mol. The number of carboxylic acid groups (broad SMARTS) is 3. The highest BCUT2D eigenvalue weighted by atomic mass is 16.4. The summed E-state index contributed by atoms with van der Waals surface area (Å²) in [5.74, 6) is -4.60. The van der Waals surface area contributed by atoms with Crippen molar-refractivity contribution in [3.8, 4) is 0 Å². The van der Waals surface area contributed by atoms with Gasteiger partial charge in [0, 0.05) is 0 Å². The Morgan fingerprint density at radius 1 is 1.00 bits per heavy atom. The Labute approximate surface area is 98.3 Å². The molecule has 4 N–H and O–H groups in total. The van der Waals surface area contributed by atoms with Gasteiger partial charge in [0.25, 0.3) is 0 Å². The molecule has 8 heteroatoms. The third-order valence-electron chi connectivity index (χ3n) is 1.35. The van der Waals surface area contributed by atoms with Crippen molar-refractivity contribution in [3.05, 3.63) is 0 Å². The summed E-state index contributed by atoms with van der Waals surface area (Å²) < 4.78 is 0.578. The van der Waals surface area contributed by atoms with E-state index >= 15 is 0 Å². The van der Waals surface area contributed by atoms with E-state index < -0.39 is 24.0 Å². The summed E-state index contributed by atoms with van der Waals surface area (Å²) >= 11 is 0. The third-order valence-corrected chi connectivity index (χ3v) is 1.35. The summed E-state index contributed by atoms with van der Waals surface area (Å²) in [5, 5.41) is 32.3. The molecule has 0 rings (SSSR count). The molecule has 0 aliphatic carbocycles. The van der Waals surface area contributed by atoms with E-state index in [9.17, 15) is 4.79 Å². The molecule has 1 atom stereocenters. The lowest BCUT2D eigenvalue weighted by Crippen LogP contribution is -2.42. The predicted molar refractivity (Wildman–Crippen MR) is 56.4 cm³/mol. The molecule has 0 amide bonds. The van der Waals surface area contributed by atoms with Gasteiger partial charge in [-0.05, 0) is 0 Å². The highest BCUT2D eigenvalue weighted by Crippen LogP contribution is 1.98. The van der Waals surface area contributed by atoms with Crippen LogP contribution in [0.15, 0.2) is 0 Å². The van der Waals surface area contributed by atoms with Gasteiger partial charge in [-0.2, -0.15) is 0 Å². The summed E-state index contributed by atoms with van der Waals surface area (Å²) in [4.78, 5) is 28.3. The molecule has 0 aromatic rings. The normalized spacial score (nSPS) is 12.0. The van der Waals surface area contributed by atoms with Crippen molar-refractivity contribution in [2.45, 2.75) is 12.5 Å². The average Bonchev–Trinajstić information content (AvgIpc) is 1.98. The lowest BCUT2D eigenvalue weighted by molar-refractivity contribution is -0.873. The first-order valence-electron chi connectivity index (χ1n) is 4.62. The van der Waals surface area contributed by atoms with Crippen molar-refractivity contribution in [1.82, 2.24) is 0 Å². The molecule has 17 heavy (non-hydrogen) atoms. The van der Waals surface area contributed by atoms with Gasteiger partial charge >= 0.3 is 17.9 Å². The van der Waals surface area contributed by atoms with Crippen molar-refractivity contribution < 1.29 is 39.3 Å². The molecule has 0 aliphatic heterocycles. The standard InChI is InChI=1S/C7H15NO3.C2H2O4/c1-8(2,3)5-6(9)4-7(10)11;3-1(4)2(5)6/h6,9H,4-5H2,1-3H3;(H,3,4)(H,5,6)/p+1/t6-;/m1./s1. The number of likely N-dealkylation sites (N-methyl/N-ethyl adjacent to an activating group) is 1. The number of carboxylic acids is 3. The molecule has 0 fully saturated rings. The molecule has 0 saturated heterocycles. The third kappa shape index (κ3) is 17.0. The van der Waals surface area contributed by atoms with Gasteiger partial charge in [0.1, 0.15) is 12.6 Å². The monoisotopic (exact) mass is 252 g/mol. The first kappa shape index (κ1) is 17.7. The van der Waals surface area contributed by atoms with E-state index in [1.807, 2.05) is 21.1 Å². The van der Waals surface area contributed by atoms with E-state index in [0.717, 1.165) is 0 Å². The zero-order chi connectivity index (χ0) is 14.2. The first-order valence-corrected chi connectivity index (χ1v) is 4.62. The van der Waals surface area contributed by atoms with Crippen LogP contribution in [0.25, 0.3) is 0 Å². The summed E-state index contributed by atoms with van der Waals surface area (Å²) in [6.45, 7) is 0.465. The van der Waals surface area contributed by atoms with E-state index in [1.54, 1.807) is 0 Å². The van der Waals surface area contributed by atoms with E-state index in [-0.39, 0.29) is 6.42 Å². The smallest absolute Gasteiger partial charge is 0.414 e. The number of nitrogens with zero attached hydrogens (tertiary/aromatic N) is 1. The van der Waals surface area contributed by atoms with E-state index in [0.29, 0.717) is 11.0 Å². The summed E-state index contributed by atoms with van der Waals surface area (Å²) in [6.07, 6.45) is -0.914. The molecular formula is C9H18NO7+. The number of rotatable bonds is 4.